The summed E-state index contributed by atoms with van der Waals surface area (Å²) in [5.74, 6) is 8.91. The highest BCUT2D eigenvalue weighted by Crippen LogP contribution is 2.70. The molecule has 8 aliphatic carbocycles. The molecule has 66 heavy (non-hydrogen) atoms. The number of fused-ring (bicyclic) bond motifs is 10. The minimum atomic E-state index is -0.579. The van der Waals surface area contributed by atoms with Gasteiger partial charge in [-0.25, -0.2) is 0 Å². The van der Waals surface area contributed by atoms with Crippen molar-refractivity contribution in [1.29, 1.82) is 0 Å². The zero-order valence-electron chi connectivity index (χ0n) is 44.0. The third kappa shape index (κ3) is 9.74. The van der Waals surface area contributed by atoms with E-state index in [1.807, 2.05) is 6.92 Å². The molecule has 19 atom stereocenters. The van der Waals surface area contributed by atoms with E-state index < -0.39 is 22.4 Å². The SMILES string of the molecule is CO.C[C@H](CCC1(O)CCCOC1)[C@H]1CC[C@H]2[C@@H]3CC=C4C[C@@](C)(O)CC[C@]4(C)[C@H]3CC[C@]12C.C[C@H](CCC1(O)CCCOC1)[C@H]1CC[C@H]2[C@@H]3CC[C@H]4C[C@@](C)(O)CC[C@]4(C)[C@H]3CC[C@]12C. The third-order valence-electron chi connectivity index (χ3n) is 23.6. The summed E-state index contributed by atoms with van der Waals surface area (Å²) in [7, 11) is 1.00. The van der Waals surface area contributed by atoms with Gasteiger partial charge >= 0.3 is 0 Å². The van der Waals surface area contributed by atoms with Crippen LogP contribution in [-0.2, 0) is 9.47 Å². The van der Waals surface area contributed by atoms with Gasteiger partial charge in [-0.3, -0.25) is 0 Å². The molecule has 0 aromatic rings. The first-order valence-electron chi connectivity index (χ1n) is 28.3. The number of rotatable bonds is 8. The van der Waals surface area contributed by atoms with Crippen LogP contribution in [0.15, 0.2) is 11.6 Å². The molecule has 2 aliphatic heterocycles. The summed E-state index contributed by atoms with van der Waals surface area (Å²) in [4.78, 5) is 0. The smallest absolute Gasteiger partial charge is 0.0881 e. The number of aliphatic hydroxyl groups is 5. The second kappa shape index (κ2) is 19.5. The molecule has 10 rings (SSSR count). The van der Waals surface area contributed by atoms with E-state index in [4.69, 9.17) is 14.6 Å². The second-order valence-corrected chi connectivity index (χ2v) is 27.5. The van der Waals surface area contributed by atoms with Crippen LogP contribution in [0.4, 0.5) is 0 Å². The number of hydrogen-bond donors (Lipinski definition) is 5. The van der Waals surface area contributed by atoms with E-state index in [9.17, 15) is 20.4 Å². The number of aliphatic hydroxyl groups excluding tert-OH is 1. The highest BCUT2D eigenvalue weighted by atomic mass is 16.5. The maximum Gasteiger partial charge on any atom is 0.0881 e. The van der Waals surface area contributed by atoms with Crippen LogP contribution in [0.3, 0.4) is 0 Å². The summed E-state index contributed by atoms with van der Waals surface area (Å²) >= 11 is 0. The number of ether oxygens (including phenoxy) is 2. The summed E-state index contributed by atoms with van der Waals surface area (Å²) in [5, 5.41) is 50.3. The van der Waals surface area contributed by atoms with Gasteiger partial charge in [0.25, 0.3) is 0 Å². The minimum absolute atomic E-state index is 0.320. The molecular weight excluding hydrogens is 821 g/mol. The normalized spacial score (nSPS) is 51.6. The highest BCUT2D eigenvalue weighted by Gasteiger charge is 2.62. The molecule has 0 aromatic carbocycles. The van der Waals surface area contributed by atoms with Gasteiger partial charge in [-0.15, -0.1) is 0 Å². The summed E-state index contributed by atoms with van der Waals surface area (Å²) in [6.45, 7) is 22.2. The molecule has 10 aliphatic rings. The van der Waals surface area contributed by atoms with E-state index in [1.165, 1.54) is 77.0 Å². The molecule has 0 radical (unpaired) electrons. The summed E-state index contributed by atoms with van der Waals surface area (Å²) in [6.07, 6.45) is 31.9. The Morgan fingerprint density at radius 2 is 1.06 bits per heavy atom. The van der Waals surface area contributed by atoms with Crippen molar-refractivity contribution in [2.75, 3.05) is 33.5 Å². The Labute approximate surface area is 403 Å². The Morgan fingerprint density at radius 1 is 0.545 bits per heavy atom. The molecule has 0 spiro atoms. The van der Waals surface area contributed by atoms with Gasteiger partial charge in [-0.2, -0.15) is 0 Å². The number of allylic oxidation sites excluding steroid dienone is 1. The van der Waals surface area contributed by atoms with Gasteiger partial charge < -0.3 is 35.0 Å². The Bertz CT molecular complexity index is 1660. The van der Waals surface area contributed by atoms with E-state index in [0.29, 0.717) is 46.7 Å². The van der Waals surface area contributed by atoms with Gasteiger partial charge in [0.1, 0.15) is 0 Å². The van der Waals surface area contributed by atoms with Crippen molar-refractivity contribution in [3.8, 4) is 0 Å². The molecule has 9 fully saturated rings. The van der Waals surface area contributed by atoms with Crippen LogP contribution in [0.25, 0.3) is 0 Å². The molecule has 0 amide bonds. The van der Waals surface area contributed by atoms with Crippen molar-refractivity contribution in [1.82, 2.24) is 0 Å². The summed E-state index contributed by atoms with van der Waals surface area (Å²) in [5.41, 5.74) is 1.24. The topological polar surface area (TPSA) is 120 Å². The van der Waals surface area contributed by atoms with Crippen molar-refractivity contribution < 1.29 is 35.0 Å². The van der Waals surface area contributed by atoms with E-state index in [1.54, 1.807) is 5.57 Å². The second-order valence-electron chi connectivity index (χ2n) is 27.5. The Kier molecular flexibility index (Phi) is 15.3. The third-order valence-corrected chi connectivity index (χ3v) is 23.6. The fourth-order valence-corrected chi connectivity index (χ4v) is 19.7. The lowest BCUT2D eigenvalue weighted by molar-refractivity contribution is -0.148. The van der Waals surface area contributed by atoms with Crippen LogP contribution >= 0.6 is 0 Å². The van der Waals surface area contributed by atoms with E-state index in [-0.39, 0.29) is 0 Å². The summed E-state index contributed by atoms with van der Waals surface area (Å²) < 4.78 is 11.2. The lowest BCUT2D eigenvalue weighted by Crippen LogP contribution is -2.55. The average molecular weight is 923 g/mol. The Hall–Kier alpha value is -0.540. The van der Waals surface area contributed by atoms with E-state index in [0.717, 1.165) is 157 Å². The maximum absolute atomic E-state index is 10.9. The zero-order valence-corrected chi connectivity index (χ0v) is 44.0. The van der Waals surface area contributed by atoms with Crippen LogP contribution in [0.2, 0.25) is 0 Å². The predicted molar refractivity (Wildman–Crippen MR) is 267 cm³/mol. The van der Waals surface area contributed by atoms with Crippen molar-refractivity contribution in [3.63, 3.8) is 0 Å². The zero-order chi connectivity index (χ0) is 47.6. The largest absolute Gasteiger partial charge is 0.400 e. The van der Waals surface area contributed by atoms with Gasteiger partial charge in [-0.1, -0.05) is 53.2 Å². The molecule has 380 valence electrons. The van der Waals surface area contributed by atoms with Gasteiger partial charge in [0.05, 0.1) is 35.6 Å². The van der Waals surface area contributed by atoms with Crippen molar-refractivity contribution >= 4 is 0 Å². The molecule has 2 heterocycles. The van der Waals surface area contributed by atoms with Crippen molar-refractivity contribution in [3.05, 3.63) is 11.6 Å². The number of hydrogen-bond acceptors (Lipinski definition) is 7. The molecule has 2 unspecified atom stereocenters. The van der Waals surface area contributed by atoms with Crippen LogP contribution < -0.4 is 0 Å². The lowest BCUT2D eigenvalue weighted by atomic mass is 9.43. The molecule has 0 aromatic heterocycles. The fourth-order valence-electron chi connectivity index (χ4n) is 19.7. The summed E-state index contributed by atoms with van der Waals surface area (Å²) in [6, 6.07) is 0. The average Bonchev–Trinajstić information content (AvgIpc) is 3.83. The molecule has 7 saturated carbocycles. The van der Waals surface area contributed by atoms with Gasteiger partial charge in [0.2, 0.25) is 0 Å². The standard InChI is InChI=1S/C29H50O3.C29H48O3.CH4O/c2*1-20(10-14-29(31)12-5-17-32-19-29)23-8-9-24-22-7-6-21-18-26(2,30)15-16-27(21,3)25(22)11-13-28(23,24)4;1-2/h20-25,30-31H,5-19H2,1-4H3;6,20,22-25,30-31H,5,7-19H2,1-4H3;2H,1H3/t20-,21+,22+,23-,24+,25+,26+,27+,28-,29?;20-,22+,23-,24+,25+,26+,27+,28-,29?;/m11./s1. The molecule has 7 nitrogen and oxygen atoms in total. The Balaban J connectivity index is 0.000000173. The molecule has 0 bridgehead atoms. The van der Waals surface area contributed by atoms with Crippen LogP contribution in [0.1, 0.15) is 216 Å². The first kappa shape index (κ1) is 51.8. The van der Waals surface area contributed by atoms with Gasteiger partial charge in [0.15, 0.2) is 0 Å². The first-order chi connectivity index (χ1) is 31.1. The van der Waals surface area contributed by atoms with Gasteiger partial charge in [-0.05, 0) is 261 Å². The van der Waals surface area contributed by atoms with Crippen LogP contribution in [0, 0.1) is 86.8 Å². The maximum atomic E-state index is 10.9. The van der Waals surface area contributed by atoms with Gasteiger partial charge in [0, 0.05) is 20.3 Å². The quantitative estimate of drug-likeness (QED) is 0.154. The fraction of sp³-hybridized carbons (Fsp3) is 0.966. The highest BCUT2D eigenvalue weighted by molar-refractivity contribution is 5.27. The minimum Gasteiger partial charge on any atom is -0.400 e. The molecular formula is C59H102O7. The lowest BCUT2D eigenvalue weighted by Gasteiger charge is -2.62. The van der Waals surface area contributed by atoms with Crippen molar-refractivity contribution in [2.45, 2.75) is 238 Å². The van der Waals surface area contributed by atoms with E-state index in [2.05, 4.69) is 54.5 Å². The Morgan fingerprint density at radius 3 is 1.61 bits per heavy atom. The van der Waals surface area contributed by atoms with Crippen LogP contribution in [0.5, 0.6) is 0 Å². The molecule has 5 N–H and O–H groups in total. The van der Waals surface area contributed by atoms with Crippen molar-refractivity contribution in [2.24, 2.45) is 86.8 Å². The van der Waals surface area contributed by atoms with E-state index >= 15 is 0 Å². The van der Waals surface area contributed by atoms with Crippen LogP contribution in [-0.4, -0.2) is 81.5 Å². The molecule has 7 heteroatoms. The first-order valence-corrected chi connectivity index (χ1v) is 28.3. The monoisotopic (exact) mass is 923 g/mol. The molecule has 2 saturated heterocycles. The predicted octanol–water partition coefficient (Wildman–Crippen LogP) is 12.2.